The second kappa shape index (κ2) is 5.88. The zero-order valence-corrected chi connectivity index (χ0v) is 11.2. The highest BCUT2D eigenvalue weighted by Gasteiger charge is 2.14. The minimum atomic E-state index is -2.90. The smallest absolute Gasteiger partial charge is 0.387 e. The van der Waals surface area contributed by atoms with Gasteiger partial charge in [-0.05, 0) is 36.4 Å². The third-order valence-corrected chi connectivity index (χ3v) is 2.97. The maximum atomic E-state index is 12.1. The van der Waals surface area contributed by atoms with E-state index in [4.69, 9.17) is 9.47 Å². The lowest BCUT2D eigenvalue weighted by Gasteiger charge is -2.07. The molecule has 0 spiro atoms. The van der Waals surface area contributed by atoms with Crippen LogP contribution in [0.4, 0.5) is 14.5 Å². The minimum Gasteiger partial charge on any atom is -0.454 e. The van der Waals surface area contributed by atoms with Crippen LogP contribution >= 0.6 is 0 Å². The fourth-order valence-electron chi connectivity index (χ4n) is 1.97. The van der Waals surface area contributed by atoms with E-state index in [2.05, 4.69) is 10.1 Å². The van der Waals surface area contributed by atoms with E-state index in [0.717, 1.165) is 0 Å². The third-order valence-electron chi connectivity index (χ3n) is 2.97. The number of halogens is 2. The average Bonchev–Trinajstić information content (AvgIpc) is 2.95. The molecule has 114 valence electrons. The van der Waals surface area contributed by atoms with Crippen LogP contribution in [-0.4, -0.2) is 19.3 Å². The summed E-state index contributed by atoms with van der Waals surface area (Å²) in [5.74, 6) is 0.794. The molecule has 1 amide bonds. The number of anilines is 1. The van der Waals surface area contributed by atoms with Gasteiger partial charge in [-0.2, -0.15) is 8.78 Å². The summed E-state index contributed by atoms with van der Waals surface area (Å²) in [6.45, 7) is -2.74. The normalized spacial score (nSPS) is 12.3. The fourth-order valence-corrected chi connectivity index (χ4v) is 1.97. The minimum absolute atomic E-state index is 0.00497. The van der Waals surface area contributed by atoms with E-state index in [1.54, 1.807) is 18.2 Å². The number of carbonyl (C=O) groups excluding carboxylic acids is 1. The maximum Gasteiger partial charge on any atom is 0.387 e. The van der Waals surface area contributed by atoms with Gasteiger partial charge in [-0.15, -0.1) is 0 Å². The van der Waals surface area contributed by atoms with E-state index in [0.29, 0.717) is 22.7 Å². The molecule has 1 aliphatic rings. The van der Waals surface area contributed by atoms with E-state index in [9.17, 15) is 13.6 Å². The number of rotatable bonds is 4. The molecule has 0 radical (unpaired) electrons. The first kappa shape index (κ1) is 14.1. The highest BCUT2D eigenvalue weighted by atomic mass is 19.3. The SMILES string of the molecule is O=C(Nc1ccc2c(c1)OCO2)c1ccc(OC(F)F)cc1. The average molecular weight is 307 g/mol. The number of hydrogen-bond donors (Lipinski definition) is 1. The van der Waals surface area contributed by atoms with Crippen molar-refractivity contribution >= 4 is 11.6 Å². The Morgan fingerprint density at radius 2 is 1.82 bits per heavy atom. The van der Waals surface area contributed by atoms with Crippen molar-refractivity contribution in [2.75, 3.05) is 12.1 Å². The highest BCUT2D eigenvalue weighted by Crippen LogP contribution is 2.34. The molecule has 1 aliphatic heterocycles. The van der Waals surface area contributed by atoms with Crippen molar-refractivity contribution in [2.24, 2.45) is 0 Å². The maximum absolute atomic E-state index is 12.1. The molecule has 0 atom stereocenters. The molecular weight excluding hydrogens is 296 g/mol. The fraction of sp³-hybridized carbons (Fsp3) is 0.133. The zero-order valence-electron chi connectivity index (χ0n) is 11.2. The lowest BCUT2D eigenvalue weighted by Crippen LogP contribution is -2.11. The van der Waals surface area contributed by atoms with Crippen LogP contribution in [0.25, 0.3) is 0 Å². The molecule has 3 rings (SSSR count). The number of hydrogen-bond acceptors (Lipinski definition) is 4. The molecule has 0 unspecified atom stereocenters. The lowest BCUT2D eigenvalue weighted by molar-refractivity contribution is -0.0498. The van der Waals surface area contributed by atoms with E-state index < -0.39 is 6.61 Å². The molecule has 7 heteroatoms. The van der Waals surface area contributed by atoms with Crippen LogP contribution in [0.1, 0.15) is 10.4 Å². The quantitative estimate of drug-likeness (QED) is 0.942. The molecule has 0 bridgehead atoms. The van der Waals surface area contributed by atoms with Gasteiger partial charge >= 0.3 is 6.61 Å². The van der Waals surface area contributed by atoms with Crippen LogP contribution in [0, 0.1) is 0 Å². The molecule has 0 aliphatic carbocycles. The van der Waals surface area contributed by atoms with Crippen LogP contribution < -0.4 is 19.5 Å². The monoisotopic (exact) mass is 307 g/mol. The number of benzene rings is 2. The summed E-state index contributed by atoms with van der Waals surface area (Å²) in [5.41, 5.74) is 0.862. The summed E-state index contributed by atoms with van der Waals surface area (Å²) in [6.07, 6.45) is 0. The molecule has 0 fully saturated rings. The summed E-state index contributed by atoms with van der Waals surface area (Å²) < 4.78 is 38.7. The van der Waals surface area contributed by atoms with E-state index >= 15 is 0 Å². The van der Waals surface area contributed by atoms with Crippen molar-refractivity contribution in [3.05, 3.63) is 48.0 Å². The molecule has 5 nitrogen and oxygen atoms in total. The van der Waals surface area contributed by atoms with Crippen molar-refractivity contribution < 1.29 is 27.8 Å². The molecule has 0 saturated carbocycles. The van der Waals surface area contributed by atoms with Gasteiger partial charge in [0.1, 0.15) is 5.75 Å². The van der Waals surface area contributed by atoms with Gasteiger partial charge in [0.25, 0.3) is 5.91 Å². The number of alkyl halides is 2. The summed E-state index contributed by atoms with van der Waals surface area (Å²) in [7, 11) is 0. The summed E-state index contributed by atoms with van der Waals surface area (Å²) in [4.78, 5) is 12.1. The van der Waals surface area contributed by atoms with Gasteiger partial charge in [-0.3, -0.25) is 4.79 Å². The predicted molar refractivity (Wildman–Crippen MR) is 73.6 cm³/mol. The Morgan fingerprint density at radius 3 is 2.55 bits per heavy atom. The molecule has 1 N–H and O–H groups in total. The topological polar surface area (TPSA) is 56.8 Å². The molecule has 22 heavy (non-hydrogen) atoms. The van der Waals surface area contributed by atoms with E-state index in [1.165, 1.54) is 24.3 Å². The van der Waals surface area contributed by atoms with Crippen molar-refractivity contribution in [3.63, 3.8) is 0 Å². The Bertz CT molecular complexity index is 688. The zero-order chi connectivity index (χ0) is 15.5. The Kier molecular flexibility index (Phi) is 3.78. The first-order chi connectivity index (χ1) is 10.6. The predicted octanol–water partition coefficient (Wildman–Crippen LogP) is 3.27. The van der Waals surface area contributed by atoms with Crippen molar-refractivity contribution in [1.29, 1.82) is 0 Å². The number of ether oxygens (including phenoxy) is 3. The summed E-state index contributed by atoms with van der Waals surface area (Å²) >= 11 is 0. The van der Waals surface area contributed by atoms with Crippen molar-refractivity contribution in [3.8, 4) is 17.2 Å². The van der Waals surface area contributed by atoms with Gasteiger partial charge in [0.15, 0.2) is 11.5 Å². The van der Waals surface area contributed by atoms with Gasteiger partial charge in [0.05, 0.1) is 0 Å². The van der Waals surface area contributed by atoms with Gasteiger partial charge < -0.3 is 19.5 Å². The highest BCUT2D eigenvalue weighted by molar-refractivity contribution is 6.04. The first-order valence-electron chi connectivity index (χ1n) is 6.38. The van der Waals surface area contributed by atoms with E-state index in [1.807, 2.05) is 0 Å². The Labute approximate surface area is 124 Å². The van der Waals surface area contributed by atoms with Gasteiger partial charge in [-0.25, -0.2) is 0 Å². The van der Waals surface area contributed by atoms with Crippen LogP contribution in [-0.2, 0) is 0 Å². The van der Waals surface area contributed by atoms with Crippen LogP contribution in [0.3, 0.4) is 0 Å². The van der Waals surface area contributed by atoms with Crippen LogP contribution in [0.5, 0.6) is 17.2 Å². The molecule has 2 aromatic rings. The molecule has 2 aromatic carbocycles. The molecule has 1 heterocycles. The Hall–Kier alpha value is -2.83. The first-order valence-corrected chi connectivity index (χ1v) is 6.38. The number of fused-ring (bicyclic) bond motifs is 1. The largest absolute Gasteiger partial charge is 0.454 e. The molecule has 0 aromatic heterocycles. The Morgan fingerprint density at radius 1 is 1.09 bits per heavy atom. The molecular formula is C15H11F2NO4. The second-order valence-electron chi connectivity index (χ2n) is 4.43. The number of amides is 1. The number of carbonyl (C=O) groups is 1. The van der Waals surface area contributed by atoms with Gasteiger partial charge in [0.2, 0.25) is 6.79 Å². The standard InChI is InChI=1S/C15H11F2NO4/c16-15(17)22-11-4-1-9(2-5-11)14(19)18-10-3-6-12-13(7-10)21-8-20-12/h1-7,15H,8H2,(H,18,19). The van der Waals surface area contributed by atoms with E-state index in [-0.39, 0.29) is 18.4 Å². The van der Waals surface area contributed by atoms with Gasteiger partial charge in [-0.1, -0.05) is 0 Å². The van der Waals surface area contributed by atoms with Crippen molar-refractivity contribution in [2.45, 2.75) is 6.61 Å². The number of nitrogens with one attached hydrogen (secondary N) is 1. The summed E-state index contributed by atoms with van der Waals surface area (Å²) in [6, 6.07) is 10.4. The van der Waals surface area contributed by atoms with Crippen LogP contribution in [0.2, 0.25) is 0 Å². The third kappa shape index (κ3) is 3.08. The lowest BCUT2D eigenvalue weighted by atomic mass is 10.2. The van der Waals surface area contributed by atoms with Crippen molar-refractivity contribution in [1.82, 2.24) is 0 Å². The summed E-state index contributed by atoms with van der Waals surface area (Å²) in [5, 5.41) is 2.68. The molecule has 0 saturated heterocycles. The van der Waals surface area contributed by atoms with Crippen LogP contribution in [0.15, 0.2) is 42.5 Å². The van der Waals surface area contributed by atoms with Gasteiger partial charge in [0, 0.05) is 17.3 Å². The Balaban J connectivity index is 1.69. The second-order valence-corrected chi connectivity index (χ2v) is 4.43.